The molecule has 0 saturated carbocycles. The molecule has 0 aliphatic rings. The zero-order valence-electron chi connectivity index (χ0n) is 7.77. The van der Waals surface area contributed by atoms with Gasteiger partial charge in [0.1, 0.15) is 5.82 Å². The highest BCUT2D eigenvalue weighted by molar-refractivity contribution is 5.57. The lowest BCUT2D eigenvalue weighted by Crippen LogP contribution is -2.07. The van der Waals surface area contributed by atoms with Gasteiger partial charge in [-0.3, -0.25) is 0 Å². The number of nitrogens with zero attached hydrogens (tertiary/aromatic N) is 1. The van der Waals surface area contributed by atoms with E-state index in [9.17, 15) is 4.39 Å². The summed E-state index contributed by atoms with van der Waals surface area (Å²) in [7, 11) is 1.87. The van der Waals surface area contributed by atoms with Crippen molar-refractivity contribution in [3.05, 3.63) is 48.5 Å². The molecule has 0 saturated heterocycles. The fourth-order valence-electron chi connectivity index (χ4n) is 1.25. The molecular weight excluding hydrogens is 181 g/mol. The number of hydrogen-bond acceptors (Lipinski definition) is 2. The highest BCUT2D eigenvalue weighted by Crippen LogP contribution is 2.23. The van der Waals surface area contributed by atoms with Crippen LogP contribution in [-0.4, -0.2) is 7.05 Å². The number of rotatable bonds is 2. The fourth-order valence-corrected chi connectivity index (χ4v) is 1.25. The van der Waals surface area contributed by atoms with Gasteiger partial charge in [-0.05, 0) is 30.3 Å². The topological polar surface area (TPSA) is 16.4 Å². The second kappa shape index (κ2) is 3.54. The molecule has 0 N–H and O–H groups in total. The van der Waals surface area contributed by atoms with Gasteiger partial charge in [-0.15, -0.1) is 0 Å². The molecule has 0 bridgehead atoms. The van der Waals surface area contributed by atoms with Gasteiger partial charge in [0.25, 0.3) is 0 Å². The van der Waals surface area contributed by atoms with Crippen molar-refractivity contribution in [2.75, 3.05) is 11.9 Å². The average Bonchev–Trinajstić information content (AvgIpc) is 2.71. The maximum Gasteiger partial charge on any atom is 0.199 e. The molecule has 0 amide bonds. The Morgan fingerprint density at radius 2 is 1.86 bits per heavy atom. The Hall–Kier alpha value is -1.77. The third-order valence-corrected chi connectivity index (χ3v) is 2.05. The van der Waals surface area contributed by atoms with E-state index in [4.69, 9.17) is 4.42 Å². The number of halogens is 1. The molecule has 0 fully saturated rings. The number of anilines is 2. The molecule has 2 aromatic rings. The molecule has 0 radical (unpaired) electrons. The maximum atomic E-state index is 12.7. The molecule has 14 heavy (non-hydrogen) atoms. The van der Waals surface area contributed by atoms with Gasteiger partial charge in [0.15, 0.2) is 5.88 Å². The van der Waals surface area contributed by atoms with Crippen LogP contribution in [0.4, 0.5) is 16.0 Å². The van der Waals surface area contributed by atoms with Crippen molar-refractivity contribution in [1.82, 2.24) is 0 Å². The molecule has 1 aromatic heterocycles. The van der Waals surface area contributed by atoms with Crippen LogP contribution in [0.2, 0.25) is 0 Å². The van der Waals surface area contributed by atoms with E-state index in [0.717, 1.165) is 11.6 Å². The Kier molecular flexibility index (Phi) is 2.23. The van der Waals surface area contributed by atoms with E-state index in [-0.39, 0.29) is 5.82 Å². The summed E-state index contributed by atoms with van der Waals surface area (Å²) in [6.07, 6.45) is 1.61. The molecule has 0 atom stereocenters. The van der Waals surface area contributed by atoms with Gasteiger partial charge >= 0.3 is 0 Å². The van der Waals surface area contributed by atoms with Crippen LogP contribution in [0.3, 0.4) is 0 Å². The maximum absolute atomic E-state index is 12.7. The Labute approximate surface area is 81.6 Å². The first-order valence-corrected chi connectivity index (χ1v) is 4.30. The van der Waals surface area contributed by atoms with E-state index in [0.29, 0.717) is 0 Å². The monoisotopic (exact) mass is 191 g/mol. The third-order valence-electron chi connectivity index (χ3n) is 2.05. The van der Waals surface area contributed by atoms with Gasteiger partial charge < -0.3 is 9.32 Å². The van der Waals surface area contributed by atoms with E-state index >= 15 is 0 Å². The predicted molar refractivity (Wildman–Crippen MR) is 53.2 cm³/mol. The smallest absolute Gasteiger partial charge is 0.199 e. The fraction of sp³-hybridized carbons (Fsp3) is 0.0909. The molecule has 1 heterocycles. The SMILES string of the molecule is CN(c1ccc(F)cc1)c1ccco1. The van der Waals surface area contributed by atoms with Crippen molar-refractivity contribution < 1.29 is 8.81 Å². The first-order chi connectivity index (χ1) is 6.77. The van der Waals surface area contributed by atoms with Crippen LogP contribution in [0.25, 0.3) is 0 Å². The van der Waals surface area contributed by atoms with Crippen molar-refractivity contribution in [3.8, 4) is 0 Å². The van der Waals surface area contributed by atoms with E-state index in [1.54, 1.807) is 18.4 Å². The summed E-state index contributed by atoms with van der Waals surface area (Å²) in [6.45, 7) is 0. The summed E-state index contributed by atoms with van der Waals surface area (Å²) in [4.78, 5) is 1.85. The zero-order chi connectivity index (χ0) is 9.97. The summed E-state index contributed by atoms with van der Waals surface area (Å²) < 4.78 is 17.9. The Bertz CT molecular complexity index is 394. The van der Waals surface area contributed by atoms with Gasteiger partial charge in [-0.25, -0.2) is 4.39 Å². The van der Waals surface area contributed by atoms with E-state index < -0.39 is 0 Å². The second-order valence-corrected chi connectivity index (χ2v) is 2.99. The van der Waals surface area contributed by atoms with Crippen LogP contribution >= 0.6 is 0 Å². The lowest BCUT2D eigenvalue weighted by Gasteiger charge is -2.15. The standard InChI is InChI=1S/C11H10FNO/c1-13(11-3-2-8-14-11)10-6-4-9(12)5-7-10/h2-8H,1H3. The van der Waals surface area contributed by atoms with Gasteiger partial charge in [0.05, 0.1) is 6.26 Å². The van der Waals surface area contributed by atoms with Crippen LogP contribution < -0.4 is 4.90 Å². The zero-order valence-corrected chi connectivity index (χ0v) is 7.77. The van der Waals surface area contributed by atoms with Crippen LogP contribution in [0.15, 0.2) is 47.1 Å². The number of benzene rings is 1. The van der Waals surface area contributed by atoms with Crippen molar-refractivity contribution in [1.29, 1.82) is 0 Å². The van der Waals surface area contributed by atoms with Crippen LogP contribution in [0.1, 0.15) is 0 Å². The number of furan rings is 1. The molecule has 72 valence electrons. The molecule has 0 aliphatic carbocycles. The highest BCUT2D eigenvalue weighted by atomic mass is 19.1. The Morgan fingerprint density at radius 1 is 1.14 bits per heavy atom. The summed E-state index contributed by atoms with van der Waals surface area (Å²) in [5.41, 5.74) is 0.890. The van der Waals surface area contributed by atoms with Crippen molar-refractivity contribution in [2.24, 2.45) is 0 Å². The lowest BCUT2D eigenvalue weighted by atomic mass is 10.3. The molecule has 2 nitrogen and oxygen atoms in total. The minimum atomic E-state index is -0.235. The second-order valence-electron chi connectivity index (χ2n) is 2.99. The Morgan fingerprint density at radius 3 is 2.43 bits per heavy atom. The molecule has 0 unspecified atom stereocenters. The Balaban J connectivity index is 2.28. The first-order valence-electron chi connectivity index (χ1n) is 4.30. The summed E-state index contributed by atoms with van der Waals surface area (Å²) in [5, 5.41) is 0. The molecule has 2 rings (SSSR count). The summed E-state index contributed by atoms with van der Waals surface area (Å²) in [6, 6.07) is 9.93. The van der Waals surface area contributed by atoms with Crippen molar-refractivity contribution >= 4 is 11.6 Å². The minimum absolute atomic E-state index is 0.235. The van der Waals surface area contributed by atoms with E-state index in [2.05, 4.69) is 0 Å². The van der Waals surface area contributed by atoms with Gasteiger partial charge in [-0.2, -0.15) is 0 Å². The summed E-state index contributed by atoms with van der Waals surface area (Å²) >= 11 is 0. The molecule has 0 spiro atoms. The predicted octanol–water partition coefficient (Wildman–Crippen LogP) is 3.19. The van der Waals surface area contributed by atoms with Crippen molar-refractivity contribution in [2.45, 2.75) is 0 Å². The van der Waals surface area contributed by atoms with Gasteiger partial charge in [0.2, 0.25) is 0 Å². The molecule has 3 heteroatoms. The van der Waals surface area contributed by atoms with E-state index in [1.165, 1.54) is 12.1 Å². The van der Waals surface area contributed by atoms with Crippen LogP contribution in [-0.2, 0) is 0 Å². The van der Waals surface area contributed by atoms with Crippen LogP contribution in [0, 0.1) is 5.82 Å². The normalized spacial score (nSPS) is 10.1. The molecular formula is C11H10FNO. The van der Waals surface area contributed by atoms with Crippen molar-refractivity contribution in [3.63, 3.8) is 0 Å². The quantitative estimate of drug-likeness (QED) is 0.724. The number of hydrogen-bond donors (Lipinski definition) is 0. The van der Waals surface area contributed by atoms with E-state index in [1.807, 2.05) is 24.1 Å². The van der Waals surface area contributed by atoms with Gasteiger partial charge in [0, 0.05) is 18.8 Å². The van der Waals surface area contributed by atoms with Crippen LogP contribution in [0.5, 0.6) is 0 Å². The minimum Gasteiger partial charge on any atom is -0.448 e. The van der Waals surface area contributed by atoms with Gasteiger partial charge in [-0.1, -0.05) is 0 Å². The third kappa shape index (κ3) is 1.62. The largest absolute Gasteiger partial charge is 0.448 e. The molecule has 0 aliphatic heterocycles. The summed E-state index contributed by atoms with van der Waals surface area (Å²) in [5.74, 6) is 0.498. The first kappa shape index (κ1) is 8.81. The molecule has 1 aromatic carbocycles. The lowest BCUT2D eigenvalue weighted by molar-refractivity contribution is 0.569. The highest BCUT2D eigenvalue weighted by Gasteiger charge is 2.05. The average molecular weight is 191 g/mol.